The molecule has 206 valence electrons. The molecule has 1 aromatic heterocycles. The number of rotatable bonds is 10. The van der Waals surface area contributed by atoms with Crippen LogP contribution in [0.4, 0.5) is 10.1 Å². The lowest BCUT2D eigenvalue weighted by Crippen LogP contribution is -2.14. The highest BCUT2D eigenvalue weighted by Gasteiger charge is 2.14. The van der Waals surface area contributed by atoms with Crippen molar-refractivity contribution in [3.05, 3.63) is 112 Å². The van der Waals surface area contributed by atoms with Crippen LogP contribution < -0.4 is 9.47 Å². The second-order valence-electron chi connectivity index (χ2n) is 8.92. The topological polar surface area (TPSA) is 114 Å². The molecular weight excluding hydrogens is 529 g/mol. The van der Waals surface area contributed by atoms with Crippen molar-refractivity contribution in [2.45, 2.75) is 13.5 Å². The van der Waals surface area contributed by atoms with E-state index in [2.05, 4.69) is 4.98 Å². The Kier molecular flexibility index (Phi) is 8.10. The van der Waals surface area contributed by atoms with Crippen LogP contribution in [-0.2, 0) is 16.1 Å². The Labute approximate surface area is 234 Å². The zero-order chi connectivity index (χ0) is 28.8. The molecule has 0 saturated carbocycles. The summed E-state index contributed by atoms with van der Waals surface area (Å²) in [5.41, 5.74) is 2.13. The number of nitro benzene ring substituents is 1. The van der Waals surface area contributed by atoms with Crippen LogP contribution in [0.25, 0.3) is 33.4 Å². The van der Waals surface area contributed by atoms with Crippen LogP contribution in [0.2, 0.25) is 0 Å². The van der Waals surface area contributed by atoms with Crippen molar-refractivity contribution in [3.63, 3.8) is 0 Å². The smallest absolute Gasteiger partial charge is 0.344 e. The Balaban J connectivity index is 1.47. The van der Waals surface area contributed by atoms with E-state index in [-0.39, 0.29) is 31.4 Å². The summed E-state index contributed by atoms with van der Waals surface area (Å²) in [6, 6.07) is 25.0. The lowest BCUT2D eigenvalue weighted by molar-refractivity contribution is -0.384. The van der Waals surface area contributed by atoms with E-state index in [1.54, 1.807) is 49.4 Å². The van der Waals surface area contributed by atoms with Crippen LogP contribution in [0.3, 0.4) is 0 Å². The van der Waals surface area contributed by atoms with Gasteiger partial charge in [0.25, 0.3) is 5.69 Å². The molecule has 0 bridgehead atoms. The van der Waals surface area contributed by atoms with Gasteiger partial charge in [0.2, 0.25) is 5.88 Å². The molecule has 0 aliphatic carbocycles. The quantitative estimate of drug-likeness (QED) is 0.109. The molecule has 0 unspecified atom stereocenters. The molecule has 0 radical (unpaired) electrons. The minimum atomic E-state index is -0.472. The number of nitrogens with zero attached hydrogens (tertiary/aromatic N) is 3. The molecule has 10 heteroatoms. The molecule has 5 rings (SSSR count). The third kappa shape index (κ3) is 6.62. The van der Waals surface area contributed by atoms with Gasteiger partial charge in [-0.05, 0) is 54.1 Å². The van der Waals surface area contributed by atoms with Crippen LogP contribution in [0.5, 0.6) is 11.6 Å². The third-order valence-corrected chi connectivity index (χ3v) is 6.14. The fraction of sp³-hybridized carbons (Fsp3) is 0.129. The first-order valence-electron chi connectivity index (χ1n) is 12.7. The van der Waals surface area contributed by atoms with Gasteiger partial charge in [-0.3, -0.25) is 10.1 Å². The molecule has 41 heavy (non-hydrogen) atoms. The van der Waals surface area contributed by atoms with E-state index in [4.69, 9.17) is 19.2 Å². The fourth-order valence-corrected chi connectivity index (χ4v) is 4.09. The predicted octanol–water partition coefficient (Wildman–Crippen LogP) is 6.53. The van der Waals surface area contributed by atoms with E-state index in [1.807, 2.05) is 30.3 Å². The van der Waals surface area contributed by atoms with Gasteiger partial charge >= 0.3 is 5.97 Å². The summed E-state index contributed by atoms with van der Waals surface area (Å²) in [7, 11) is 0. The molecular formula is C31H24FN3O6. The summed E-state index contributed by atoms with van der Waals surface area (Å²) in [4.78, 5) is 31.5. The van der Waals surface area contributed by atoms with Crippen LogP contribution in [-0.4, -0.2) is 34.1 Å². The van der Waals surface area contributed by atoms with Gasteiger partial charge in [0, 0.05) is 34.9 Å². The summed E-state index contributed by atoms with van der Waals surface area (Å²) in [6.07, 6.45) is 0. The van der Waals surface area contributed by atoms with Gasteiger partial charge in [-0.2, -0.15) is 4.98 Å². The van der Waals surface area contributed by atoms with Crippen molar-refractivity contribution >= 4 is 22.4 Å². The maximum atomic E-state index is 14.2. The molecule has 0 N–H and O–H groups in total. The van der Waals surface area contributed by atoms with Crippen molar-refractivity contribution in [3.8, 4) is 34.3 Å². The number of ether oxygens (including phenoxy) is 3. The molecule has 0 saturated heterocycles. The molecule has 4 aromatic carbocycles. The predicted molar refractivity (Wildman–Crippen MR) is 150 cm³/mol. The zero-order valence-corrected chi connectivity index (χ0v) is 22.0. The summed E-state index contributed by atoms with van der Waals surface area (Å²) in [5.74, 6) is 0.264. The number of carbonyl (C=O) groups is 1. The van der Waals surface area contributed by atoms with E-state index < -0.39 is 16.7 Å². The first-order chi connectivity index (χ1) is 19.9. The monoisotopic (exact) mass is 553 g/mol. The second-order valence-corrected chi connectivity index (χ2v) is 8.92. The number of carbonyl (C=O) groups excluding carboxylic acids is 1. The maximum Gasteiger partial charge on any atom is 0.344 e. The molecule has 0 spiro atoms. The van der Waals surface area contributed by atoms with Gasteiger partial charge in [-0.1, -0.05) is 36.4 Å². The Morgan fingerprint density at radius 1 is 0.878 bits per heavy atom. The Hall–Kier alpha value is -5.38. The highest BCUT2D eigenvalue weighted by atomic mass is 19.1. The Bertz CT molecular complexity index is 1730. The number of hydrogen-bond acceptors (Lipinski definition) is 8. The van der Waals surface area contributed by atoms with Crippen molar-refractivity contribution in [1.29, 1.82) is 0 Å². The fourth-order valence-electron chi connectivity index (χ4n) is 4.09. The van der Waals surface area contributed by atoms with E-state index >= 15 is 0 Å². The van der Waals surface area contributed by atoms with Crippen LogP contribution in [0, 0.1) is 15.9 Å². The average Bonchev–Trinajstić information content (AvgIpc) is 2.99. The van der Waals surface area contributed by atoms with Gasteiger partial charge in [-0.15, -0.1) is 0 Å². The summed E-state index contributed by atoms with van der Waals surface area (Å²) >= 11 is 0. The van der Waals surface area contributed by atoms with Crippen LogP contribution >= 0.6 is 0 Å². The largest absolute Gasteiger partial charge is 0.482 e. The van der Waals surface area contributed by atoms with E-state index in [0.29, 0.717) is 34.0 Å². The number of fused-ring (bicyclic) bond motifs is 1. The third-order valence-electron chi connectivity index (χ3n) is 6.14. The van der Waals surface area contributed by atoms with Gasteiger partial charge in [0.1, 0.15) is 18.2 Å². The van der Waals surface area contributed by atoms with Gasteiger partial charge in [-0.25, -0.2) is 14.2 Å². The first kappa shape index (κ1) is 27.2. The highest BCUT2D eigenvalue weighted by molar-refractivity contribution is 5.88. The summed E-state index contributed by atoms with van der Waals surface area (Å²) < 4.78 is 30.5. The number of halogens is 1. The molecule has 5 aromatic rings. The standard InChI is InChI=1S/C31H24FN3O6/c1-2-39-30(36)19-40-26-14-11-21-15-23(8-7-22(21)16-26)31-33-28(20-9-12-25(13-10-20)35(37)38)17-29(34-31)41-18-24-5-3-4-6-27(24)32/h3-17H,2,18-19H2,1H3. The van der Waals surface area contributed by atoms with Gasteiger partial charge < -0.3 is 14.2 Å². The molecule has 0 atom stereocenters. The van der Waals surface area contributed by atoms with Gasteiger partial charge in [0.15, 0.2) is 12.4 Å². The SMILES string of the molecule is CCOC(=O)COc1ccc2cc(-c3nc(OCc4ccccc4F)cc(-c4ccc([N+](=O)[O-])cc4)n3)ccc2c1. The zero-order valence-electron chi connectivity index (χ0n) is 22.0. The molecule has 0 amide bonds. The lowest BCUT2D eigenvalue weighted by atomic mass is 10.1. The molecule has 0 aliphatic rings. The number of non-ortho nitro benzene ring substituents is 1. The van der Waals surface area contributed by atoms with E-state index in [9.17, 15) is 19.3 Å². The van der Waals surface area contributed by atoms with E-state index in [1.165, 1.54) is 18.2 Å². The number of hydrogen-bond donors (Lipinski definition) is 0. The van der Waals surface area contributed by atoms with Crippen molar-refractivity contribution < 1.29 is 28.3 Å². The van der Waals surface area contributed by atoms with Crippen molar-refractivity contribution in [2.24, 2.45) is 0 Å². The first-order valence-corrected chi connectivity index (χ1v) is 12.7. The highest BCUT2D eigenvalue weighted by Crippen LogP contribution is 2.30. The normalized spacial score (nSPS) is 10.8. The number of nitro groups is 1. The minimum Gasteiger partial charge on any atom is -0.482 e. The van der Waals surface area contributed by atoms with Crippen molar-refractivity contribution in [2.75, 3.05) is 13.2 Å². The molecule has 9 nitrogen and oxygen atoms in total. The minimum absolute atomic E-state index is 0.0424. The van der Waals surface area contributed by atoms with Crippen LogP contribution in [0.1, 0.15) is 12.5 Å². The second kappa shape index (κ2) is 12.2. The summed E-state index contributed by atoms with van der Waals surface area (Å²) in [6.45, 7) is 1.78. The molecule has 0 fully saturated rings. The van der Waals surface area contributed by atoms with E-state index in [0.717, 1.165) is 10.8 Å². The molecule has 0 aliphatic heterocycles. The van der Waals surface area contributed by atoms with Crippen LogP contribution in [0.15, 0.2) is 91.0 Å². The number of benzene rings is 4. The lowest BCUT2D eigenvalue weighted by Gasteiger charge is -2.11. The maximum absolute atomic E-state index is 14.2. The number of aromatic nitrogens is 2. The number of esters is 1. The summed E-state index contributed by atoms with van der Waals surface area (Å²) in [5, 5.41) is 12.9. The van der Waals surface area contributed by atoms with Crippen molar-refractivity contribution in [1.82, 2.24) is 9.97 Å². The average molecular weight is 554 g/mol. The Morgan fingerprint density at radius 2 is 1.61 bits per heavy atom. The van der Waals surface area contributed by atoms with Gasteiger partial charge in [0.05, 0.1) is 17.2 Å². The Morgan fingerprint density at radius 3 is 2.37 bits per heavy atom. The molecule has 1 heterocycles.